The molecular formula is C18H17FN2O3S. The predicted molar refractivity (Wildman–Crippen MR) is 91.8 cm³/mol. The minimum atomic E-state index is -3.74. The van der Waals surface area contributed by atoms with Gasteiger partial charge in [0.2, 0.25) is 10.0 Å². The van der Waals surface area contributed by atoms with Crippen molar-refractivity contribution in [2.24, 2.45) is 0 Å². The number of aromatic nitrogens is 1. The summed E-state index contributed by atoms with van der Waals surface area (Å²) in [5.74, 6) is 0.777. The second-order valence-electron chi connectivity index (χ2n) is 5.58. The molecule has 2 aromatic carbocycles. The van der Waals surface area contributed by atoms with Crippen LogP contribution in [0.3, 0.4) is 0 Å². The predicted octanol–water partition coefficient (Wildman–Crippen LogP) is 3.58. The molecule has 0 saturated carbocycles. The summed E-state index contributed by atoms with van der Waals surface area (Å²) in [6.07, 6.45) is 0. The maximum Gasteiger partial charge on any atom is 0.240 e. The maximum atomic E-state index is 13.6. The van der Waals surface area contributed by atoms with Crippen molar-refractivity contribution in [3.8, 4) is 11.3 Å². The van der Waals surface area contributed by atoms with Crippen LogP contribution in [0.1, 0.15) is 17.2 Å². The molecule has 0 aliphatic heterocycles. The molecule has 0 spiro atoms. The summed E-state index contributed by atoms with van der Waals surface area (Å²) in [6.45, 7) is 3.44. The molecule has 0 fully saturated rings. The van der Waals surface area contributed by atoms with Gasteiger partial charge in [0.1, 0.15) is 17.3 Å². The molecule has 3 rings (SSSR count). The summed E-state index contributed by atoms with van der Waals surface area (Å²) in [4.78, 5) is 4.39. The lowest BCUT2D eigenvalue weighted by atomic mass is 10.1. The first-order valence-electron chi connectivity index (χ1n) is 7.64. The van der Waals surface area contributed by atoms with E-state index >= 15 is 0 Å². The fourth-order valence-electron chi connectivity index (χ4n) is 2.49. The number of oxazole rings is 1. The number of hydrogen-bond donors (Lipinski definition) is 1. The standard InChI is InChI=1S/C18H17FN2O3S/c1-12-18(21-13(2)24-12)14-7-9-16(10-8-14)25(22,23)20-11-15-5-3-4-6-17(15)19/h3-10,20H,11H2,1-2H3. The first kappa shape index (κ1) is 17.3. The van der Waals surface area contributed by atoms with E-state index in [9.17, 15) is 12.8 Å². The fraction of sp³-hybridized carbons (Fsp3) is 0.167. The molecule has 3 aromatic rings. The van der Waals surface area contributed by atoms with Crippen molar-refractivity contribution in [2.75, 3.05) is 0 Å². The van der Waals surface area contributed by atoms with Crippen molar-refractivity contribution in [2.45, 2.75) is 25.3 Å². The van der Waals surface area contributed by atoms with Gasteiger partial charge in [0.25, 0.3) is 0 Å². The number of sulfonamides is 1. The fourth-order valence-corrected chi connectivity index (χ4v) is 3.49. The number of benzene rings is 2. The molecule has 5 nitrogen and oxygen atoms in total. The Hall–Kier alpha value is -2.51. The van der Waals surface area contributed by atoms with Crippen LogP contribution in [0.5, 0.6) is 0 Å². The topological polar surface area (TPSA) is 72.2 Å². The monoisotopic (exact) mass is 360 g/mol. The SMILES string of the molecule is Cc1nc(-c2ccc(S(=O)(=O)NCc3ccccc3F)cc2)c(C)o1. The third-order valence-electron chi connectivity index (χ3n) is 3.75. The second-order valence-corrected chi connectivity index (χ2v) is 7.34. The number of aryl methyl sites for hydroxylation is 2. The largest absolute Gasteiger partial charge is 0.446 e. The summed E-state index contributed by atoms with van der Waals surface area (Å²) in [7, 11) is -3.74. The zero-order valence-corrected chi connectivity index (χ0v) is 14.6. The van der Waals surface area contributed by atoms with E-state index in [1.165, 1.54) is 24.3 Å². The van der Waals surface area contributed by atoms with Gasteiger partial charge in [-0.2, -0.15) is 0 Å². The van der Waals surface area contributed by atoms with Gasteiger partial charge >= 0.3 is 0 Å². The van der Waals surface area contributed by atoms with Crippen LogP contribution in [0.15, 0.2) is 57.8 Å². The lowest BCUT2D eigenvalue weighted by Crippen LogP contribution is -2.23. The Balaban J connectivity index is 1.79. The van der Waals surface area contributed by atoms with Gasteiger partial charge in [0, 0.05) is 24.6 Å². The third-order valence-corrected chi connectivity index (χ3v) is 5.17. The molecule has 1 aromatic heterocycles. The molecule has 0 radical (unpaired) electrons. The first-order chi connectivity index (χ1) is 11.9. The highest BCUT2D eigenvalue weighted by atomic mass is 32.2. The van der Waals surface area contributed by atoms with E-state index in [4.69, 9.17) is 4.42 Å². The van der Waals surface area contributed by atoms with Crippen molar-refractivity contribution >= 4 is 10.0 Å². The summed E-state index contributed by atoms with van der Waals surface area (Å²) in [5.41, 5.74) is 1.74. The number of rotatable bonds is 5. The first-order valence-corrected chi connectivity index (χ1v) is 9.13. The number of halogens is 1. The van der Waals surface area contributed by atoms with E-state index in [1.54, 1.807) is 38.1 Å². The van der Waals surface area contributed by atoms with Crippen LogP contribution >= 0.6 is 0 Å². The molecule has 25 heavy (non-hydrogen) atoms. The van der Waals surface area contributed by atoms with Gasteiger partial charge in [-0.15, -0.1) is 0 Å². The zero-order chi connectivity index (χ0) is 18.0. The van der Waals surface area contributed by atoms with Crippen LogP contribution < -0.4 is 4.72 Å². The molecule has 0 unspecified atom stereocenters. The van der Waals surface area contributed by atoms with E-state index in [1.807, 2.05) is 0 Å². The van der Waals surface area contributed by atoms with Gasteiger partial charge in [0.15, 0.2) is 5.89 Å². The smallest absolute Gasteiger partial charge is 0.240 e. The summed E-state index contributed by atoms with van der Waals surface area (Å²) >= 11 is 0. The molecule has 1 heterocycles. The van der Waals surface area contributed by atoms with E-state index in [0.29, 0.717) is 17.3 Å². The average Bonchev–Trinajstić information content (AvgIpc) is 2.93. The normalized spacial score (nSPS) is 11.6. The molecule has 130 valence electrons. The third kappa shape index (κ3) is 3.78. The molecule has 0 aliphatic rings. The molecule has 0 aliphatic carbocycles. The van der Waals surface area contributed by atoms with Crippen LogP contribution in [0.4, 0.5) is 4.39 Å². The van der Waals surface area contributed by atoms with Crippen LogP contribution in [0, 0.1) is 19.7 Å². The average molecular weight is 360 g/mol. The van der Waals surface area contributed by atoms with E-state index in [0.717, 1.165) is 5.56 Å². The minimum absolute atomic E-state index is 0.102. The van der Waals surface area contributed by atoms with Crippen LogP contribution in [-0.4, -0.2) is 13.4 Å². The van der Waals surface area contributed by atoms with Crippen molar-refractivity contribution in [3.05, 3.63) is 71.6 Å². The Bertz CT molecular complexity index is 995. The molecular weight excluding hydrogens is 343 g/mol. The van der Waals surface area contributed by atoms with Gasteiger partial charge in [-0.25, -0.2) is 22.5 Å². The molecule has 0 atom stereocenters. The zero-order valence-electron chi connectivity index (χ0n) is 13.8. The molecule has 0 saturated heterocycles. The molecule has 1 N–H and O–H groups in total. The van der Waals surface area contributed by atoms with Crippen LogP contribution in [0.25, 0.3) is 11.3 Å². The van der Waals surface area contributed by atoms with Crippen LogP contribution in [-0.2, 0) is 16.6 Å². The van der Waals surface area contributed by atoms with Crippen molar-refractivity contribution in [3.63, 3.8) is 0 Å². The second kappa shape index (κ2) is 6.78. The van der Waals surface area contributed by atoms with E-state index in [-0.39, 0.29) is 17.0 Å². The van der Waals surface area contributed by atoms with Gasteiger partial charge in [0.05, 0.1) is 4.90 Å². The van der Waals surface area contributed by atoms with Gasteiger partial charge in [-0.05, 0) is 25.1 Å². The van der Waals surface area contributed by atoms with E-state index < -0.39 is 15.8 Å². The summed E-state index contributed by atoms with van der Waals surface area (Å²) in [5, 5.41) is 0. The Morgan fingerprint density at radius 2 is 1.76 bits per heavy atom. The Kier molecular flexibility index (Phi) is 4.69. The molecule has 0 bridgehead atoms. The molecule has 7 heteroatoms. The maximum absolute atomic E-state index is 13.6. The molecule has 0 amide bonds. The van der Waals surface area contributed by atoms with Crippen molar-refractivity contribution in [1.29, 1.82) is 0 Å². The van der Waals surface area contributed by atoms with E-state index in [2.05, 4.69) is 9.71 Å². The Morgan fingerprint density at radius 3 is 2.36 bits per heavy atom. The Labute approximate surface area is 145 Å². The number of nitrogens with zero attached hydrogens (tertiary/aromatic N) is 1. The van der Waals surface area contributed by atoms with Gasteiger partial charge in [-0.3, -0.25) is 0 Å². The van der Waals surface area contributed by atoms with Crippen LogP contribution in [0.2, 0.25) is 0 Å². The van der Waals surface area contributed by atoms with Gasteiger partial charge in [-0.1, -0.05) is 30.3 Å². The minimum Gasteiger partial charge on any atom is -0.446 e. The lowest BCUT2D eigenvalue weighted by Gasteiger charge is -2.08. The van der Waals surface area contributed by atoms with Gasteiger partial charge < -0.3 is 4.42 Å². The van der Waals surface area contributed by atoms with Crippen molar-refractivity contribution in [1.82, 2.24) is 9.71 Å². The Morgan fingerprint density at radius 1 is 1.08 bits per heavy atom. The number of nitrogens with one attached hydrogen (secondary N) is 1. The summed E-state index contributed by atoms with van der Waals surface area (Å²) < 4.78 is 46.1. The highest BCUT2D eigenvalue weighted by Crippen LogP contribution is 2.24. The number of hydrogen-bond acceptors (Lipinski definition) is 4. The summed E-state index contributed by atoms with van der Waals surface area (Å²) in [6, 6.07) is 12.4. The quantitative estimate of drug-likeness (QED) is 0.755. The highest BCUT2D eigenvalue weighted by molar-refractivity contribution is 7.89. The lowest BCUT2D eigenvalue weighted by molar-refractivity contribution is 0.495. The van der Waals surface area contributed by atoms with Crippen molar-refractivity contribution < 1.29 is 17.2 Å². The highest BCUT2D eigenvalue weighted by Gasteiger charge is 2.16.